The van der Waals surface area contributed by atoms with Gasteiger partial charge in [-0.25, -0.2) is 8.42 Å². The zero-order chi connectivity index (χ0) is 10.9. The molecule has 0 aromatic heterocycles. The highest BCUT2D eigenvalue weighted by molar-refractivity contribution is 8.13. The summed E-state index contributed by atoms with van der Waals surface area (Å²) in [5.41, 5.74) is 0.555. The van der Waals surface area contributed by atoms with Gasteiger partial charge in [0, 0.05) is 16.2 Å². The Kier molecular flexibility index (Phi) is 3.21. The van der Waals surface area contributed by atoms with E-state index in [-0.39, 0.29) is 10.5 Å². The van der Waals surface area contributed by atoms with Gasteiger partial charge < -0.3 is 10.2 Å². The molecule has 1 aromatic carbocycles. The molecule has 14 heavy (non-hydrogen) atoms. The quantitative estimate of drug-likeness (QED) is 0.385. The monoisotopic (exact) mass is 234 g/mol. The van der Waals surface area contributed by atoms with E-state index in [9.17, 15) is 8.42 Å². The summed E-state index contributed by atoms with van der Waals surface area (Å²) in [6.07, 6.45) is -1.70. The summed E-state index contributed by atoms with van der Waals surface area (Å²) in [5, 5.41) is 17.6. The van der Waals surface area contributed by atoms with Gasteiger partial charge in [0.2, 0.25) is 0 Å². The van der Waals surface area contributed by atoms with Crippen molar-refractivity contribution in [1.82, 2.24) is 0 Å². The van der Waals surface area contributed by atoms with Gasteiger partial charge in [-0.05, 0) is 6.07 Å². The molecule has 0 fully saturated rings. The molecule has 0 aliphatic carbocycles. The van der Waals surface area contributed by atoms with Crippen molar-refractivity contribution < 1.29 is 18.6 Å². The predicted octanol–water partition coefficient (Wildman–Crippen LogP) is -1.14. The highest BCUT2D eigenvalue weighted by Crippen LogP contribution is 2.17. The SMILES string of the molecule is Bc1ccc(C(O)O)cc1S(=O)(=O)Cl. The molecule has 0 bridgehead atoms. The van der Waals surface area contributed by atoms with Crippen LogP contribution in [-0.4, -0.2) is 26.5 Å². The van der Waals surface area contributed by atoms with E-state index < -0.39 is 15.3 Å². The molecule has 1 aromatic rings. The molecule has 0 atom stereocenters. The minimum Gasteiger partial charge on any atom is -0.364 e. The van der Waals surface area contributed by atoms with Crippen molar-refractivity contribution in [2.45, 2.75) is 11.2 Å². The molecular formula is C7H8BClO4S. The summed E-state index contributed by atoms with van der Waals surface area (Å²) in [7, 11) is 2.88. The molecule has 0 amide bonds. The maximum absolute atomic E-state index is 11.0. The predicted molar refractivity (Wildman–Crippen MR) is 54.8 cm³/mol. The summed E-state index contributed by atoms with van der Waals surface area (Å²) in [6.45, 7) is 0. The van der Waals surface area contributed by atoms with Crippen molar-refractivity contribution in [3.63, 3.8) is 0 Å². The summed E-state index contributed by atoms with van der Waals surface area (Å²) < 4.78 is 22.1. The molecule has 7 heteroatoms. The third-order valence-electron chi connectivity index (χ3n) is 1.77. The van der Waals surface area contributed by atoms with Gasteiger partial charge in [0.15, 0.2) is 6.29 Å². The van der Waals surface area contributed by atoms with Crippen LogP contribution in [0.1, 0.15) is 11.9 Å². The van der Waals surface area contributed by atoms with E-state index >= 15 is 0 Å². The maximum atomic E-state index is 11.0. The fraction of sp³-hybridized carbons (Fsp3) is 0.143. The lowest BCUT2D eigenvalue weighted by atomic mass is 9.95. The number of rotatable bonds is 2. The number of halogens is 1. The van der Waals surface area contributed by atoms with E-state index in [1.807, 2.05) is 0 Å². The minimum atomic E-state index is -3.84. The molecule has 1 rings (SSSR count). The summed E-state index contributed by atoms with van der Waals surface area (Å²) in [6, 6.07) is 4.03. The van der Waals surface area contributed by atoms with Crippen LogP contribution < -0.4 is 5.46 Å². The van der Waals surface area contributed by atoms with Crippen LogP contribution in [0, 0.1) is 0 Å². The second-order valence-electron chi connectivity index (χ2n) is 2.84. The Morgan fingerprint density at radius 2 is 1.93 bits per heavy atom. The fourth-order valence-electron chi connectivity index (χ4n) is 1.04. The van der Waals surface area contributed by atoms with Crippen LogP contribution in [0.5, 0.6) is 0 Å². The molecule has 0 spiro atoms. The summed E-state index contributed by atoms with van der Waals surface area (Å²) in [5.74, 6) is 0. The van der Waals surface area contributed by atoms with Crippen LogP contribution >= 0.6 is 10.7 Å². The molecule has 4 nitrogen and oxygen atoms in total. The second kappa shape index (κ2) is 3.90. The molecule has 0 saturated carbocycles. The van der Waals surface area contributed by atoms with Crippen molar-refractivity contribution in [2.75, 3.05) is 0 Å². The minimum absolute atomic E-state index is 0.0924. The topological polar surface area (TPSA) is 74.6 Å². The standard InChI is InChI=1S/C7H8BClO4S/c8-5-2-1-4(7(10)11)3-6(5)14(9,12)13/h1-3,7,10-11H,8H2. The Morgan fingerprint density at radius 3 is 2.36 bits per heavy atom. The Morgan fingerprint density at radius 1 is 1.36 bits per heavy atom. The van der Waals surface area contributed by atoms with Gasteiger partial charge in [0.25, 0.3) is 9.05 Å². The van der Waals surface area contributed by atoms with Gasteiger partial charge in [-0.15, -0.1) is 0 Å². The average Bonchev–Trinajstić information content (AvgIpc) is 2.02. The molecular weight excluding hydrogens is 226 g/mol. The van der Waals surface area contributed by atoms with Gasteiger partial charge in [-0.3, -0.25) is 0 Å². The first-order valence-electron chi connectivity index (χ1n) is 3.73. The van der Waals surface area contributed by atoms with Gasteiger partial charge >= 0.3 is 0 Å². The first-order valence-corrected chi connectivity index (χ1v) is 6.04. The van der Waals surface area contributed by atoms with Crippen LogP contribution in [0.15, 0.2) is 23.1 Å². The van der Waals surface area contributed by atoms with E-state index in [2.05, 4.69) is 0 Å². The molecule has 0 saturated heterocycles. The smallest absolute Gasteiger partial charge is 0.260 e. The van der Waals surface area contributed by atoms with Gasteiger partial charge in [0.1, 0.15) is 7.85 Å². The fourth-order valence-corrected chi connectivity index (χ4v) is 2.27. The number of aliphatic hydroxyl groups excluding tert-OH is 1. The molecule has 76 valence electrons. The van der Waals surface area contributed by atoms with E-state index in [0.717, 1.165) is 6.07 Å². The van der Waals surface area contributed by atoms with Crippen LogP contribution in [0.25, 0.3) is 0 Å². The molecule has 0 aliphatic rings. The van der Waals surface area contributed by atoms with Crippen molar-refractivity contribution in [1.29, 1.82) is 0 Å². The Hall–Kier alpha value is -0.555. The third-order valence-corrected chi connectivity index (χ3v) is 3.24. The van der Waals surface area contributed by atoms with Crippen molar-refractivity contribution in [3.8, 4) is 0 Å². The number of benzene rings is 1. The molecule has 0 radical (unpaired) electrons. The Balaban J connectivity index is 3.37. The lowest BCUT2D eigenvalue weighted by Gasteiger charge is -2.07. The average molecular weight is 234 g/mol. The van der Waals surface area contributed by atoms with Gasteiger partial charge in [-0.1, -0.05) is 17.6 Å². The van der Waals surface area contributed by atoms with Crippen molar-refractivity contribution in [2.24, 2.45) is 0 Å². The Bertz CT molecular complexity index is 443. The number of aliphatic hydroxyl groups is 2. The first kappa shape index (κ1) is 11.5. The molecule has 0 aliphatic heterocycles. The van der Waals surface area contributed by atoms with E-state index in [0.29, 0.717) is 5.46 Å². The van der Waals surface area contributed by atoms with E-state index in [4.69, 9.17) is 20.9 Å². The molecule has 0 heterocycles. The van der Waals surface area contributed by atoms with Crippen LogP contribution in [0.4, 0.5) is 0 Å². The number of hydrogen-bond donors (Lipinski definition) is 2. The van der Waals surface area contributed by atoms with Crippen LogP contribution in [-0.2, 0) is 9.05 Å². The first-order chi connectivity index (χ1) is 6.32. The second-order valence-corrected chi connectivity index (χ2v) is 5.37. The highest BCUT2D eigenvalue weighted by atomic mass is 35.7. The third kappa shape index (κ3) is 2.48. The number of hydrogen-bond acceptors (Lipinski definition) is 4. The lowest BCUT2D eigenvalue weighted by Crippen LogP contribution is -2.13. The van der Waals surface area contributed by atoms with E-state index in [1.54, 1.807) is 7.85 Å². The summed E-state index contributed by atoms with van der Waals surface area (Å²) in [4.78, 5) is -0.107. The van der Waals surface area contributed by atoms with E-state index in [1.165, 1.54) is 12.1 Å². The highest BCUT2D eigenvalue weighted by Gasteiger charge is 2.15. The van der Waals surface area contributed by atoms with Crippen LogP contribution in [0.2, 0.25) is 0 Å². The van der Waals surface area contributed by atoms with Gasteiger partial charge in [-0.2, -0.15) is 0 Å². The lowest BCUT2D eigenvalue weighted by molar-refractivity contribution is -0.0426. The van der Waals surface area contributed by atoms with Gasteiger partial charge in [0.05, 0.1) is 4.90 Å². The van der Waals surface area contributed by atoms with Crippen molar-refractivity contribution >= 4 is 33.0 Å². The largest absolute Gasteiger partial charge is 0.364 e. The zero-order valence-corrected chi connectivity index (χ0v) is 8.88. The zero-order valence-electron chi connectivity index (χ0n) is 7.31. The van der Waals surface area contributed by atoms with Crippen LogP contribution in [0.3, 0.4) is 0 Å². The maximum Gasteiger partial charge on any atom is 0.260 e. The molecule has 0 unspecified atom stereocenters. The molecule has 2 N–H and O–H groups in total. The Labute approximate surface area is 87.0 Å². The normalized spacial score (nSPS) is 12.0. The summed E-state index contributed by atoms with van der Waals surface area (Å²) >= 11 is 0. The van der Waals surface area contributed by atoms with Crippen molar-refractivity contribution in [3.05, 3.63) is 23.8 Å².